The Bertz CT molecular complexity index is 3630. The summed E-state index contributed by atoms with van der Waals surface area (Å²) in [5.41, 5.74) is 6.28. The smallest absolute Gasteiger partial charge is 0.481 e. The van der Waals surface area contributed by atoms with Gasteiger partial charge in [-0.15, -0.1) is 0 Å². The van der Waals surface area contributed by atoms with Crippen molar-refractivity contribution < 1.29 is 119 Å². The number of thioether (sulfide) groups is 1. The highest BCUT2D eigenvalue weighted by Gasteiger charge is 2.46. The van der Waals surface area contributed by atoms with Crippen molar-refractivity contribution >= 4 is 127 Å². The Hall–Kier alpha value is -6.11. The normalized spacial score (nSPS) is 23.6. The average molecular weight is 1510 g/mol. The summed E-state index contributed by atoms with van der Waals surface area (Å²) >= 11 is 1.95. The lowest BCUT2D eigenvalue weighted by Gasteiger charge is -2.32. The number of carboxylic acids is 3. The number of amides is 6. The third-order valence-corrected chi connectivity index (χ3v) is 24.8. The molecule has 0 saturated carbocycles. The number of aliphatic carboxylic acids is 3. The predicted molar refractivity (Wildman–Crippen MR) is 354 cm³/mol. The average Bonchev–Trinajstić information content (AvgIpc) is 1.62. The molecule has 7 rings (SSSR count). The number of nitrogen functional groups attached to an aromatic ring is 1. The van der Waals surface area contributed by atoms with Crippen LogP contribution in [0, 0.1) is 17.8 Å². The zero-order valence-corrected chi connectivity index (χ0v) is 58.9. The summed E-state index contributed by atoms with van der Waals surface area (Å²) in [6.45, 7) is 7.04. The van der Waals surface area contributed by atoms with Crippen LogP contribution in [0.3, 0.4) is 0 Å². The molecule has 0 bridgehead atoms. The number of nitrogens with one attached hydrogen (secondary N) is 6. The van der Waals surface area contributed by atoms with E-state index in [1.165, 1.54) is 42.2 Å². The number of carbonyl (C=O) groups excluding carboxylic acids is 6. The first kappa shape index (κ1) is 80.2. The molecule has 13 atom stereocenters. The number of aliphatic hydroxyl groups excluding tert-OH is 1. The minimum absolute atomic E-state index is 0.00339. The Morgan fingerprint density at radius 2 is 1.57 bits per heavy atom. The molecule has 10 unspecified atom stereocenters. The van der Waals surface area contributed by atoms with Gasteiger partial charge >= 0.3 is 41.4 Å². The number of H-pyrrole nitrogens is 1. The number of allylic oxidation sites excluding steroid dienone is 1. The number of hydrogen-bond acceptors (Lipinski definition) is 25. The second-order valence-electron chi connectivity index (χ2n) is 24.7. The summed E-state index contributed by atoms with van der Waals surface area (Å²) in [5.74, 6) is -1.94. The van der Waals surface area contributed by atoms with Crippen LogP contribution in [-0.2, 0) is 79.5 Å². The van der Waals surface area contributed by atoms with E-state index in [2.05, 4.69) is 62.8 Å². The summed E-state index contributed by atoms with van der Waals surface area (Å²) in [6.07, 6.45) is 0.568. The van der Waals surface area contributed by atoms with E-state index in [0.29, 0.717) is 49.3 Å². The van der Waals surface area contributed by atoms with Gasteiger partial charge < -0.3 is 96.2 Å². The molecule has 16 N–H and O–H groups in total. The number of aromatic amines is 1. The van der Waals surface area contributed by atoms with E-state index in [1.54, 1.807) is 0 Å². The van der Waals surface area contributed by atoms with Crippen LogP contribution < -0.4 is 37.9 Å². The first-order chi connectivity index (χ1) is 46.5. The van der Waals surface area contributed by atoms with Gasteiger partial charge in [-0.05, 0) is 89.7 Å². The van der Waals surface area contributed by atoms with Crippen molar-refractivity contribution in [2.24, 2.45) is 5.92 Å². The molecule has 7 heterocycles. The third kappa shape index (κ3) is 24.0. The Kier molecular flexibility index (Phi) is 28.9. The number of hydrogen-bond donors (Lipinski definition) is 15. The van der Waals surface area contributed by atoms with Crippen LogP contribution in [0.1, 0.15) is 128 Å². The van der Waals surface area contributed by atoms with E-state index in [9.17, 15) is 91.9 Å². The number of fused-ring (bicyclic) bond motifs is 2. The number of aromatic nitrogens is 3. The Labute approximate surface area is 578 Å². The first-order valence-corrected chi connectivity index (χ1v) is 39.3. The fraction of sp³-hybridized carbons (Fsp3) is 0.661. The van der Waals surface area contributed by atoms with Crippen LogP contribution in [0.25, 0.3) is 11.0 Å². The minimum Gasteiger partial charge on any atom is -0.481 e. The van der Waals surface area contributed by atoms with Crippen molar-refractivity contribution in [3.8, 4) is 11.8 Å². The summed E-state index contributed by atoms with van der Waals surface area (Å²) < 4.78 is 59.2. The second-order valence-corrected chi connectivity index (χ2v) is 33.3. The standard InChI is InChI=1S/C56H82N11O26P3S3/c1-30-21-32-28-97-40(47(32)59-30)15-4-5-16-41(69)58-17-7-6-12-33(53(79)66-19-9-14-37(66)51(77)61-34(22-44(71)72)49(75)62-35(54(80)81)23-45(73)74)60-50(76)36-13-8-18-65(36)42(70)25-56(2,3)99-98-29-89-20-10-11-31-26-67(48-46(31)52(78)64-55(57)63-48)43-24-38(68)39(91-43)27-90-95(85,86)93-96(87,88)92-94(82,83)84/h26,32-40,43,47,59,68H,1,4-9,12-25,27-29H2,2-3H3,(H,58,69)(H,60,76)(H,61,77)(H,62,75)(H,71,72)(H,73,74)(H,80,81)(H,85,86)(H,87,88)(H2,82,83,84)(H3,57,63,64,78)/t32-,33?,34?,35?,36?,37?,38?,39?,40-,43?,47-/m0/s1. The molecule has 43 heteroatoms. The number of carboxylic acid groups (broad SMARTS) is 3. The molecule has 37 nitrogen and oxygen atoms in total. The lowest BCUT2D eigenvalue weighted by molar-refractivity contribution is -0.148. The summed E-state index contributed by atoms with van der Waals surface area (Å²) in [4.78, 5) is 177. The second kappa shape index (κ2) is 35.7. The zero-order valence-electron chi connectivity index (χ0n) is 53.8. The Morgan fingerprint density at radius 1 is 0.899 bits per heavy atom. The predicted octanol–water partition coefficient (Wildman–Crippen LogP) is 1.10. The number of unbranched alkanes of at least 4 members (excludes halogenated alkanes) is 2. The lowest BCUT2D eigenvalue weighted by atomic mass is 9.97. The van der Waals surface area contributed by atoms with Crippen LogP contribution in [0.5, 0.6) is 0 Å². The molecule has 0 aromatic carbocycles. The number of nitrogens with zero attached hydrogens (tertiary/aromatic N) is 4. The highest BCUT2D eigenvalue weighted by atomic mass is 33.1. The molecule has 2 aromatic heterocycles. The first-order valence-electron chi connectivity index (χ1n) is 31.4. The third-order valence-electron chi connectivity index (χ3n) is 16.5. The molecule has 2 aromatic rings. The highest BCUT2D eigenvalue weighted by Crippen LogP contribution is 2.66. The van der Waals surface area contributed by atoms with Crippen LogP contribution in [0.15, 0.2) is 23.3 Å². The van der Waals surface area contributed by atoms with Crippen molar-refractivity contribution in [1.82, 2.24) is 50.9 Å². The Balaban J connectivity index is 0.925. The maximum atomic E-state index is 14.7. The highest BCUT2D eigenvalue weighted by molar-refractivity contribution is 8.77. The summed E-state index contributed by atoms with van der Waals surface area (Å²) in [6, 6.07) is -7.02. The lowest BCUT2D eigenvalue weighted by Crippen LogP contribution is -2.58. The van der Waals surface area contributed by atoms with Crippen molar-refractivity contribution in [3.63, 3.8) is 0 Å². The molecule has 5 fully saturated rings. The quantitative estimate of drug-likeness (QED) is 0.0148. The maximum absolute atomic E-state index is 14.7. The maximum Gasteiger partial charge on any atom is 0.490 e. The van der Waals surface area contributed by atoms with Gasteiger partial charge in [0.05, 0.1) is 36.5 Å². The van der Waals surface area contributed by atoms with Crippen molar-refractivity contribution in [2.75, 3.05) is 50.3 Å². The number of aliphatic hydroxyl groups is 1. The molecule has 0 aliphatic carbocycles. The Morgan fingerprint density at radius 3 is 2.24 bits per heavy atom. The molecule has 6 amide bonds. The molecular weight excluding hydrogens is 1430 g/mol. The molecule has 550 valence electrons. The SMILES string of the molecule is C=C1C[C@H]2CS[C@@H](CCCCC(=O)NCCCCC(NC(=O)C3CCCN3C(=O)CC(C)(C)SSCOCC#Cc3cn(C4CC(O)C(COP(=O)(O)OP(=O)(O)OP(=O)(O)O)O4)c4nc(N)[nH]c(=O)c34)C(=O)N3CCCC3C(=O)NC(CC(=O)O)C(=O)NC(CC(=O)O)C(=O)O)[C@H]2N1. The van der Waals surface area contributed by atoms with E-state index < -0.39 is 143 Å². The van der Waals surface area contributed by atoms with Crippen LogP contribution in [-0.4, -0.2) is 221 Å². The number of nitrogens with two attached hydrogens (primary N) is 1. The summed E-state index contributed by atoms with van der Waals surface area (Å²) in [5, 5.41) is 52.9. The van der Waals surface area contributed by atoms with Gasteiger partial charge in [-0.2, -0.15) is 25.4 Å². The number of carbonyl (C=O) groups is 9. The number of anilines is 1. The number of phosphoric acid groups is 3. The van der Waals surface area contributed by atoms with Gasteiger partial charge in [-0.3, -0.25) is 52.7 Å². The van der Waals surface area contributed by atoms with Gasteiger partial charge in [-0.25, -0.2) is 18.5 Å². The minimum atomic E-state index is -5.83. The van der Waals surface area contributed by atoms with E-state index in [4.69, 9.17) is 25.0 Å². The van der Waals surface area contributed by atoms with Gasteiger partial charge in [0.15, 0.2) is 5.65 Å². The molecule has 5 saturated heterocycles. The fourth-order valence-electron chi connectivity index (χ4n) is 12.0. The van der Waals surface area contributed by atoms with Crippen molar-refractivity contribution in [2.45, 2.75) is 181 Å². The molecule has 99 heavy (non-hydrogen) atoms. The number of phosphoric ester groups is 1. The molecule has 5 aliphatic heterocycles. The van der Waals surface area contributed by atoms with Gasteiger partial charge in [0.25, 0.3) is 5.56 Å². The number of likely N-dealkylation sites (tertiary alicyclic amines) is 2. The molecule has 5 aliphatic rings. The molecule has 0 spiro atoms. The zero-order chi connectivity index (χ0) is 72.7. The fourth-order valence-corrected chi connectivity index (χ4v) is 18.9. The van der Waals surface area contributed by atoms with E-state index >= 15 is 0 Å². The van der Waals surface area contributed by atoms with Gasteiger partial charge in [0.2, 0.25) is 41.4 Å². The van der Waals surface area contributed by atoms with Crippen molar-refractivity contribution in [3.05, 3.63) is 34.4 Å². The van der Waals surface area contributed by atoms with Crippen LogP contribution in [0.2, 0.25) is 0 Å². The van der Waals surface area contributed by atoms with Gasteiger partial charge in [0.1, 0.15) is 55.1 Å². The van der Waals surface area contributed by atoms with Crippen LogP contribution in [0.4, 0.5) is 5.95 Å². The largest absolute Gasteiger partial charge is 0.490 e. The van der Waals surface area contributed by atoms with Gasteiger partial charge in [0, 0.05) is 66.8 Å². The monoisotopic (exact) mass is 1510 g/mol. The number of ether oxygens (including phenoxy) is 2. The summed E-state index contributed by atoms with van der Waals surface area (Å²) in [7, 11) is -14.5. The van der Waals surface area contributed by atoms with Crippen LogP contribution >= 0.6 is 56.8 Å². The molecule has 0 radical (unpaired) electrons. The molecular formula is C56H82N11O26P3S3. The number of rotatable bonds is 37. The van der Waals surface area contributed by atoms with E-state index in [-0.39, 0.29) is 105 Å². The topological polar surface area (TPSA) is 556 Å². The van der Waals surface area contributed by atoms with Gasteiger partial charge in [-0.1, -0.05) is 46.4 Å². The van der Waals surface area contributed by atoms with E-state index in [1.807, 2.05) is 30.9 Å². The van der Waals surface area contributed by atoms with E-state index in [0.717, 1.165) is 30.7 Å². The van der Waals surface area contributed by atoms with Crippen molar-refractivity contribution in [1.29, 1.82) is 0 Å².